The molecule has 1 aliphatic rings. The Labute approximate surface area is 218 Å². The molecule has 0 aliphatic carbocycles. The number of benzene rings is 2. The van der Waals surface area contributed by atoms with Crippen molar-refractivity contribution in [3.63, 3.8) is 0 Å². The Bertz CT molecular complexity index is 1260. The van der Waals surface area contributed by atoms with Crippen LogP contribution < -0.4 is 10.1 Å². The van der Waals surface area contributed by atoms with Gasteiger partial charge in [0, 0.05) is 21.3 Å². The summed E-state index contributed by atoms with van der Waals surface area (Å²) in [5, 5.41) is 9.65. The molecule has 0 amide bonds. The largest absolute Gasteiger partial charge is 0.489 e. The van der Waals surface area contributed by atoms with Crippen LogP contribution in [0.3, 0.4) is 0 Å². The summed E-state index contributed by atoms with van der Waals surface area (Å²) in [6.45, 7) is 6.47. The summed E-state index contributed by atoms with van der Waals surface area (Å²) in [5.41, 5.74) is 2.82. The number of fused-ring (bicyclic) bond motifs is 1. The number of allylic oxidation sites excluding steroid dienone is 1. The fraction of sp³-hybridized carbons (Fsp3) is 0.320. The Kier molecular flexibility index (Phi) is 8.26. The molecule has 1 atom stereocenters. The molecule has 184 valence electrons. The Morgan fingerprint density at radius 3 is 2.77 bits per heavy atom. The van der Waals surface area contributed by atoms with Crippen molar-refractivity contribution in [2.45, 2.75) is 45.0 Å². The van der Waals surface area contributed by atoms with Gasteiger partial charge >= 0.3 is 5.97 Å². The lowest BCUT2D eigenvalue weighted by molar-refractivity contribution is -0.139. The molecule has 1 aliphatic heterocycles. The monoisotopic (exact) mass is 532 g/mol. The number of nitrogens with zero attached hydrogens (tertiary/aromatic N) is 3. The second-order valence-electron chi connectivity index (χ2n) is 7.89. The first-order valence-electron chi connectivity index (χ1n) is 11.3. The number of ether oxygens (including phenoxy) is 2. The molecular weight excluding hydrogens is 507 g/mol. The number of halogens is 2. The average Bonchev–Trinajstić information content (AvgIpc) is 3.23. The number of hydrogen-bond donors (Lipinski definition) is 1. The number of nitrogens with one attached hydrogen (secondary N) is 1. The van der Waals surface area contributed by atoms with E-state index in [1.165, 1.54) is 11.8 Å². The number of aromatic nitrogens is 3. The highest BCUT2D eigenvalue weighted by atomic mass is 35.5. The standard InChI is InChI=1S/C25H26Cl2N4O3S/c1-4-11-33-23(32)21-15(3)28-24-29-25(35-5-2)30-31(24)22(21)16-7-6-8-19(12-16)34-14-17-9-10-18(26)13-20(17)27/h6-10,12-13,22H,4-5,11,14H2,1-3H3,(H,28,29,30). The van der Waals surface area contributed by atoms with Gasteiger partial charge in [-0.2, -0.15) is 4.98 Å². The van der Waals surface area contributed by atoms with Crippen LogP contribution in [0, 0.1) is 0 Å². The molecule has 2 aromatic carbocycles. The van der Waals surface area contributed by atoms with Gasteiger partial charge in [0.05, 0.1) is 12.2 Å². The Morgan fingerprint density at radius 2 is 2.03 bits per heavy atom. The number of carbonyl (C=O) groups is 1. The van der Waals surface area contributed by atoms with E-state index >= 15 is 0 Å². The summed E-state index contributed by atoms with van der Waals surface area (Å²) in [6, 6.07) is 12.4. The molecule has 2 heterocycles. The molecule has 0 bridgehead atoms. The Morgan fingerprint density at radius 1 is 1.20 bits per heavy atom. The van der Waals surface area contributed by atoms with Gasteiger partial charge in [-0.05, 0) is 48.9 Å². The molecule has 0 saturated heterocycles. The van der Waals surface area contributed by atoms with Crippen LogP contribution in [0.1, 0.15) is 44.4 Å². The fourth-order valence-electron chi connectivity index (χ4n) is 3.74. The van der Waals surface area contributed by atoms with Crippen LogP contribution in [0.4, 0.5) is 5.95 Å². The van der Waals surface area contributed by atoms with E-state index in [-0.39, 0.29) is 12.6 Å². The number of rotatable bonds is 9. The van der Waals surface area contributed by atoms with Gasteiger partial charge in [-0.1, -0.05) is 67.0 Å². The zero-order valence-electron chi connectivity index (χ0n) is 19.7. The lowest BCUT2D eigenvalue weighted by Crippen LogP contribution is -2.29. The molecule has 10 heteroatoms. The quantitative estimate of drug-likeness (QED) is 0.248. The van der Waals surface area contributed by atoms with Crippen LogP contribution in [0.2, 0.25) is 10.0 Å². The lowest BCUT2D eigenvalue weighted by Gasteiger charge is -2.28. The highest BCUT2D eigenvalue weighted by Crippen LogP contribution is 2.38. The van der Waals surface area contributed by atoms with Crippen molar-refractivity contribution in [2.75, 3.05) is 17.7 Å². The summed E-state index contributed by atoms with van der Waals surface area (Å²) in [4.78, 5) is 17.7. The molecule has 7 nitrogen and oxygen atoms in total. The third kappa shape index (κ3) is 5.77. The topological polar surface area (TPSA) is 78.3 Å². The molecule has 4 rings (SSSR count). The molecule has 35 heavy (non-hydrogen) atoms. The molecule has 3 aromatic rings. The molecule has 0 saturated carbocycles. The van der Waals surface area contributed by atoms with Gasteiger partial charge in [0.2, 0.25) is 11.1 Å². The van der Waals surface area contributed by atoms with E-state index < -0.39 is 6.04 Å². The lowest BCUT2D eigenvalue weighted by atomic mass is 9.95. The minimum Gasteiger partial charge on any atom is -0.489 e. The molecule has 0 fully saturated rings. The van der Waals surface area contributed by atoms with Gasteiger partial charge in [0.25, 0.3) is 0 Å². The normalized spacial score (nSPS) is 14.9. The minimum absolute atomic E-state index is 0.276. The van der Waals surface area contributed by atoms with E-state index in [0.29, 0.717) is 44.8 Å². The van der Waals surface area contributed by atoms with E-state index in [4.69, 9.17) is 32.7 Å². The van der Waals surface area contributed by atoms with E-state index in [1.54, 1.807) is 16.8 Å². The van der Waals surface area contributed by atoms with Crippen LogP contribution >= 0.6 is 35.0 Å². The third-order valence-corrected chi connectivity index (χ3v) is 6.65. The van der Waals surface area contributed by atoms with E-state index in [1.807, 2.05) is 51.1 Å². The highest BCUT2D eigenvalue weighted by Gasteiger charge is 2.35. The van der Waals surface area contributed by atoms with Crippen molar-refractivity contribution in [2.24, 2.45) is 0 Å². The smallest absolute Gasteiger partial charge is 0.338 e. The third-order valence-electron chi connectivity index (χ3n) is 5.35. The summed E-state index contributed by atoms with van der Waals surface area (Å²) in [7, 11) is 0. The summed E-state index contributed by atoms with van der Waals surface area (Å²) in [6.07, 6.45) is 0.735. The Balaban J connectivity index is 1.68. The maximum Gasteiger partial charge on any atom is 0.338 e. The molecule has 1 unspecified atom stereocenters. The van der Waals surface area contributed by atoms with E-state index in [9.17, 15) is 4.79 Å². The van der Waals surface area contributed by atoms with Crippen molar-refractivity contribution >= 4 is 46.9 Å². The van der Waals surface area contributed by atoms with Crippen molar-refractivity contribution in [1.29, 1.82) is 0 Å². The van der Waals surface area contributed by atoms with Gasteiger partial charge in [-0.25, -0.2) is 9.48 Å². The van der Waals surface area contributed by atoms with Crippen LogP contribution in [0.25, 0.3) is 0 Å². The van der Waals surface area contributed by atoms with Gasteiger partial charge in [0.1, 0.15) is 18.4 Å². The fourth-order valence-corrected chi connectivity index (χ4v) is 4.76. The van der Waals surface area contributed by atoms with Gasteiger partial charge in [-0.15, -0.1) is 5.10 Å². The maximum absolute atomic E-state index is 13.1. The van der Waals surface area contributed by atoms with Crippen LogP contribution in [-0.2, 0) is 16.1 Å². The van der Waals surface area contributed by atoms with Gasteiger partial charge < -0.3 is 14.8 Å². The first-order chi connectivity index (χ1) is 16.9. The van der Waals surface area contributed by atoms with Gasteiger partial charge in [0.15, 0.2) is 0 Å². The van der Waals surface area contributed by atoms with Crippen molar-refractivity contribution in [3.05, 3.63) is 74.9 Å². The Hall–Kier alpha value is -2.68. The number of esters is 1. The SMILES string of the molecule is CCCOC(=O)C1=C(C)Nc2nc(SCC)nn2C1c1cccc(OCc2ccc(Cl)cc2Cl)c1. The van der Waals surface area contributed by atoms with Crippen molar-refractivity contribution < 1.29 is 14.3 Å². The van der Waals surface area contributed by atoms with E-state index in [2.05, 4.69) is 15.4 Å². The highest BCUT2D eigenvalue weighted by molar-refractivity contribution is 7.99. The summed E-state index contributed by atoms with van der Waals surface area (Å²) >= 11 is 13.8. The second kappa shape index (κ2) is 11.4. The van der Waals surface area contributed by atoms with Crippen molar-refractivity contribution in [3.8, 4) is 5.75 Å². The number of thioether (sulfide) groups is 1. The number of carbonyl (C=O) groups excluding carboxylic acids is 1. The average molecular weight is 533 g/mol. The predicted molar refractivity (Wildman–Crippen MR) is 139 cm³/mol. The van der Waals surface area contributed by atoms with Crippen LogP contribution in [0.5, 0.6) is 5.75 Å². The minimum atomic E-state index is -0.517. The number of anilines is 1. The van der Waals surface area contributed by atoms with E-state index in [0.717, 1.165) is 23.3 Å². The maximum atomic E-state index is 13.1. The van der Waals surface area contributed by atoms with Crippen LogP contribution in [-0.4, -0.2) is 33.1 Å². The molecule has 1 aromatic heterocycles. The summed E-state index contributed by atoms with van der Waals surface area (Å²) in [5.74, 6) is 1.67. The zero-order valence-corrected chi connectivity index (χ0v) is 22.0. The van der Waals surface area contributed by atoms with Gasteiger partial charge in [-0.3, -0.25) is 0 Å². The second-order valence-corrected chi connectivity index (χ2v) is 9.97. The van der Waals surface area contributed by atoms with Crippen molar-refractivity contribution in [1.82, 2.24) is 14.8 Å². The first kappa shape index (κ1) is 25.4. The molecule has 0 spiro atoms. The summed E-state index contributed by atoms with van der Waals surface area (Å²) < 4.78 is 13.3. The molecule has 0 radical (unpaired) electrons. The molecular formula is C25H26Cl2N4O3S. The van der Waals surface area contributed by atoms with Crippen LogP contribution in [0.15, 0.2) is 58.9 Å². The number of hydrogen-bond acceptors (Lipinski definition) is 7. The first-order valence-corrected chi connectivity index (χ1v) is 13.1. The predicted octanol–water partition coefficient (Wildman–Crippen LogP) is 6.52. The molecule has 1 N–H and O–H groups in total. The zero-order chi connectivity index (χ0) is 24.9.